The van der Waals surface area contributed by atoms with Gasteiger partial charge in [-0.1, -0.05) is 24.3 Å². The lowest BCUT2D eigenvalue weighted by Crippen LogP contribution is -2.20. The first-order valence-corrected chi connectivity index (χ1v) is 9.99. The average Bonchev–Trinajstić information content (AvgIpc) is 3.24. The van der Waals surface area contributed by atoms with Crippen molar-refractivity contribution in [3.63, 3.8) is 0 Å². The van der Waals surface area contributed by atoms with E-state index in [0.717, 1.165) is 35.6 Å². The first kappa shape index (κ1) is 20.1. The van der Waals surface area contributed by atoms with Crippen LogP contribution in [0, 0.1) is 5.82 Å². The predicted molar refractivity (Wildman–Crippen MR) is 113 cm³/mol. The number of aromatic nitrogens is 2. The number of ether oxygens (including phenoxy) is 1. The van der Waals surface area contributed by atoms with Gasteiger partial charge in [-0.25, -0.2) is 4.39 Å². The summed E-state index contributed by atoms with van der Waals surface area (Å²) in [6, 6.07) is 14.6. The van der Waals surface area contributed by atoms with E-state index in [0.29, 0.717) is 30.9 Å². The number of carbonyl (C=O) groups is 1. The number of rotatable bonds is 7. The molecule has 30 heavy (non-hydrogen) atoms. The van der Waals surface area contributed by atoms with Gasteiger partial charge in [0.1, 0.15) is 11.6 Å². The maximum atomic E-state index is 14.6. The second-order valence-electron chi connectivity index (χ2n) is 7.50. The predicted octanol–water partition coefficient (Wildman–Crippen LogP) is 3.20. The number of nitrogens with one attached hydrogen (secondary N) is 1. The standard InChI is InChI=1S/C23H25FN4O2/c1-25-22(29)10-11-30-17-7-5-6-16(12-17)13-28-23(18-8-3-4-9-20(18)24)19-14-27(2)15-21(19)26-28/h3-9,12H,10-11,13-15H2,1-2H3,(H,25,29). The number of carbonyl (C=O) groups excluding carboxylic acids is 1. The normalized spacial score (nSPS) is 13.3. The van der Waals surface area contributed by atoms with E-state index in [9.17, 15) is 9.18 Å². The summed E-state index contributed by atoms with van der Waals surface area (Å²) in [5.41, 5.74) is 4.48. The lowest BCUT2D eigenvalue weighted by Gasteiger charge is -2.14. The van der Waals surface area contributed by atoms with E-state index in [1.807, 2.05) is 42.1 Å². The maximum absolute atomic E-state index is 14.6. The summed E-state index contributed by atoms with van der Waals surface area (Å²) in [6.07, 6.45) is 0.303. The Bertz CT molecular complexity index is 1060. The highest BCUT2D eigenvalue weighted by Gasteiger charge is 2.27. The zero-order valence-corrected chi connectivity index (χ0v) is 17.2. The highest BCUT2D eigenvalue weighted by Crippen LogP contribution is 2.34. The van der Waals surface area contributed by atoms with Crippen LogP contribution < -0.4 is 10.1 Å². The van der Waals surface area contributed by atoms with Gasteiger partial charge in [-0.2, -0.15) is 5.10 Å². The number of benzene rings is 2. The fourth-order valence-electron chi connectivity index (χ4n) is 3.79. The fourth-order valence-corrected chi connectivity index (χ4v) is 3.79. The van der Waals surface area contributed by atoms with Crippen molar-refractivity contribution in [1.29, 1.82) is 0 Å². The van der Waals surface area contributed by atoms with Crippen molar-refractivity contribution in [3.8, 4) is 17.0 Å². The Morgan fingerprint density at radius 2 is 2.03 bits per heavy atom. The second kappa shape index (κ2) is 8.67. The van der Waals surface area contributed by atoms with E-state index >= 15 is 0 Å². The van der Waals surface area contributed by atoms with Crippen LogP contribution in [-0.2, 0) is 24.4 Å². The van der Waals surface area contributed by atoms with Gasteiger partial charge < -0.3 is 10.1 Å². The van der Waals surface area contributed by atoms with Gasteiger partial charge in [0.2, 0.25) is 5.91 Å². The largest absolute Gasteiger partial charge is 0.493 e. The molecule has 156 valence electrons. The molecule has 3 aromatic rings. The first-order valence-electron chi connectivity index (χ1n) is 9.99. The van der Waals surface area contributed by atoms with Crippen LogP contribution in [0.1, 0.15) is 23.2 Å². The van der Waals surface area contributed by atoms with Crippen LogP contribution in [-0.4, -0.2) is 41.3 Å². The lowest BCUT2D eigenvalue weighted by molar-refractivity contribution is -0.121. The van der Waals surface area contributed by atoms with Crippen LogP contribution in [0.2, 0.25) is 0 Å². The third kappa shape index (κ3) is 4.21. The van der Waals surface area contributed by atoms with Crippen LogP contribution in [0.5, 0.6) is 5.75 Å². The molecule has 0 saturated heterocycles. The zero-order chi connectivity index (χ0) is 21.1. The summed E-state index contributed by atoms with van der Waals surface area (Å²) in [5, 5.41) is 7.37. The van der Waals surface area contributed by atoms with Gasteiger partial charge in [-0.3, -0.25) is 14.4 Å². The summed E-state index contributed by atoms with van der Waals surface area (Å²) in [4.78, 5) is 13.5. The van der Waals surface area contributed by atoms with Crippen molar-refractivity contribution in [2.75, 3.05) is 20.7 Å². The molecule has 0 fully saturated rings. The molecule has 4 rings (SSSR count). The molecule has 0 atom stereocenters. The SMILES string of the molecule is CNC(=O)CCOc1cccc(Cn2nc3c(c2-c2ccccc2F)CN(C)C3)c1. The average molecular weight is 408 g/mol. The Hall–Kier alpha value is -3.19. The van der Waals surface area contributed by atoms with E-state index in [1.165, 1.54) is 6.07 Å². The molecule has 1 amide bonds. The second-order valence-corrected chi connectivity index (χ2v) is 7.50. The third-order valence-corrected chi connectivity index (χ3v) is 5.22. The number of halogens is 1. The summed E-state index contributed by atoms with van der Waals surface area (Å²) < 4.78 is 22.2. The molecule has 6 nitrogen and oxygen atoms in total. The van der Waals surface area contributed by atoms with Crippen LogP contribution >= 0.6 is 0 Å². The van der Waals surface area contributed by atoms with Crippen LogP contribution in [0.3, 0.4) is 0 Å². The van der Waals surface area contributed by atoms with Crippen molar-refractivity contribution >= 4 is 5.91 Å². The van der Waals surface area contributed by atoms with Crippen LogP contribution in [0.4, 0.5) is 4.39 Å². The Morgan fingerprint density at radius 1 is 1.20 bits per heavy atom. The van der Waals surface area contributed by atoms with Crippen LogP contribution in [0.15, 0.2) is 48.5 Å². The minimum Gasteiger partial charge on any atom is -0.493 e. The molecule has 1 aromatic heterocycles. The van der Waals surface area contributed by atoms with E-state index < -0.39 is 0 Å². The smallest absolute Gasteiger partial charge is 0.223 e. The van der Waals surface area contributed by atoms with E-state index in [4.69, 9.17) is 9.84 Å². The van der Waals surface area contributed by atoms with Gasteiger partial charge >= 0.3 is 0 Å². The molecule has 1 aliphatic heterocycles. The molecule has 2 heterocycles. The van der Waals surface area contributed by atoms with Gasteiger partial charge in [0.25, 0.3) is 0 Å². The monoisotopic (exact) mass is 408 g/mol. The van der Waals surface area contributed by atoms with E-state index in [2.05, 4.69) is 10.2 Å². The molecule has 0 saturated carbocycles. The number of fused-ring (bicyclic) bond motifs is 1. The molecule has 0 radical (unpaired) electrons. The molecule has 0 bridgehead atoms. The van der Waals surface area contributed by atoms with Gasteiger partial charge in [0.05, 0.1) is 31.0 Å². The Kier molecular flexibility index (Phi) is 5.81. The molecule has 0 aliphatic carbocycles. The van der Waals surface area contributed by atoms with Crippen molar-refractivity contribution < 1.29 is 13.9 Å². The van der Waals surface area contributed by atoms with Gasteiger partial charge in [0, 0.05) is 31.3 Å². The lowest BCUT2D eigenvalue weighted by atomic mass is 10.1. The maximum Gasteiger partial charge on any atom is 0.223 e. The molecule has 7 heteroatoms. The minimum absolute atomic E-state index is 0.0586. The Balaban J connectivity index is 1.60. The quantitative estimate of drug-likeness (QED) is 0.652. The number of amides is 1. The zero-order valence-electron chi connectivity index (χ0n) is 17.2. The van der Waals surface area contributed by atoms with Crippen molar-refractivity contribution in [2.24, 2.45) is 0 Å². The highest BCUT2D eigenvalue weighted by atomic mass is 19.1. The topological polar surface area (TPSA) is 59.4 Å². The number of hydrogen-bond donors (Lipinski definition) is 1. The van der Waals surface area contributed by atoms with Crippen LogP contribution in [0.25, 0.3) is 11.3 Å². The van der Waals surface area contributed by atoms with Gasteiger partial charge in [0.15, 0.2) is 0 Å². The fraction of sp³-hybridized carbons (Fsp3) is 0.304. The molecular weight excluding hydrogens is 383 g/mol. The summed E-state index contributed by atoms with van der Waals surface area (Å²) in [7, 11) is 3.64. The summed E-state index contributed by atoms with van der Waals surface area (Å²) >= 11 is 0. The number of nitrogens with zero attached hydrogens (tertiary/aromatic N) is 3. The first-order chi connectivity index (χ1) is 14.5. The molecular formula is C23H25FN4O2. The molecule has 0 unspecified atom stereocenters. The minimum atomic E-state index is -0.248. The molecule has 1 N–H and O–H groups in total. The molecule has 0 spiro atoms. The molecule has 1 aliphatic rings. The van der Waals surface area contributed by atoms with E-state index in [1.54, 1.807) is 19.2 Å². The van der Waals surface area contributed by atoms with E-state index in [-0.39, 0.29) is 11.7 Å². The Labute approximate surface area is 175 Å². The Morgan fingerprint density at radius 3 is 2.83 bits per heavy atom. The number of hydrogen-bond acceptors (Lipinski definition) is 4. The van der Waals surface area contributed by atoms with Gasteiger partial charge in [-0.05, 0) is 36.9 Å². The summed E-state index contributed by atoms with van der Waals surface area (Å²) in [6.45, 7) is 2.33. The summed E-state index contributed by atoms with van der Waals surface area (Å²) in [5.74, 6) is 0.391. The van der Waals surface area contributed by atoms with Gasteiger partial charge in [-0.15, -0.1) is 0 Å². The van der Waals surface area contributed by atoms with Crippen molar-refractivity contribution in [2.45, 2.75) is 26.1 Å². The third-order valence-electron chi connectivity index (χ3n) is 5.22. The highest BCUT2D eigenvalue weighted by molar-refractivity contribution is 5.75. The van der Waals surface area contributed by atoms with Crippen molar-refractivity contribution in [3.05, 3.63) is 71.2 Å². The van der Waals surface area contributed by atoms with Crippen molar-refractivity contribution in [1.82, 2.24) is 20.0 Å². The molecule has 2 aromatic carbocycles.